The molecule has 3 heterocycles. The first-order valence-corrected chi connectivity index (χ1v) is 13.0. The van der Waals surface area contributed by atoms with E-state index in [4.69, 9.17) is 9.72 Å². The summed E-state index contributed by atoms with van der Waals surface area (Å²) >= 11 is 0. The molecule has 0 aliphatic carbocycles. The number of hydrogen-bond acceptors (Lipinski definition) is 6. The van der Waals surface area contributed by atoms with Crippen LogP contribution in [0.1, 0.15) is 24.8 Å². The molecule has 1 aliphatic rings. The molecule has 1 atom stereocenters. The van der Waals surface area contributed by atoms with Gasteiger partial charge in [-0.2, -0.15) is 0 Å². The Balaban J connectivity index is 1.33. The standard InChI is InChI=1S/C30H30N6O2/c1-3-24(21-9-5-4-6-10-21)29(37)34-17-19-35(20-18-34)30-31-26-12-8-7-11-25(26)28-33-32-27(36(28)30)22-13-15-23(38-2)16-14-22/h4-16,24H,3,17-20H2,1-2H3/t24-/m1/s1. The van der Waals surface area contributed by atoms with Gasteiger partial charge >= 0.3 is 0 Å². The van der Waals surface area contributed by atoms with Crippen molar-refractivity contribution in [3.8, 4) is 17.1 Å². The van der Waals surface area contributed by atoms with E-state index in [2.05, 4.69) is 22.0 Å². The highest BCUT2D eigenvalue weighted by Gasteiger charge is 2.29. The van der Waals surface area contributed by atoms with Gasteiger partial charge in [0.15, 0.2) is 11.5 Å². The lowest BCUT2D eigenvalue weighted by Gasteiger charge is -2.37. The van der Waals surface area contributed by atoms with Crippen molar-refractivity contribution < 1.29 is 9.53 Å². The highest BCUT2D eigenvalue weighted by atomic mass is 16.5. The van der Waals surface area contributed by atoms with Gasteiger partial charge in [0.1, 0.15) is 5.75 Å². The highest BCUT2D eigenvalue weighted by molar-refractivity contribution is 5.93. The van der Waals surface area contributed by atoms with Gasteiger partial charge < -0.3 is 14.5 Å². The summed E-state index contributed by atoms with van der Waals surface area (Å²) in [6.07, 6.45) is 0.780. The van der Waals surface area contributed by atoms with Crippen molar-refractivity contribution in [3.05, 3.63) is 84.4 Å². The van der Waals surface area contributed by atoms with Crippen LogP contribution in [-0.4, -0.2) is 63.7 Å². The fraction of sp³-hybridized carbons (Fsp3) is 0.267. The maximum Gasteiger partial charge on any atom is 0.230 e. The van der Waals surface area contributed by atoms with Crippen LogP contribution >= 0.6 is 0 Å². The minimum absolute atomic E-state index is 0.118. The molecule has 0 saturated carbocycles. The van der Waals surface area contributed by atoms with E-state index in [1.807, 2.05) is 88.2 Å². The van der Waals surface area contributed by atoms with Crippen LogP contribution < -0.4 is 9.64 Å². The molecule has 1 amide bonds. The van der Waals surface area contributed by atoms with Crippen LogP contribution in [0.5, 0.6) is 5.75 Å². The first kappa shape index (κ1) is 23.9. The second kappa shape index (κ2) is 10.1. The summed E-state index contributed by atoms with van der Waals surface area (Å²) in [6, 6.07) is 25.9. The van der Waals surface area contributed by atoms with Gasteiger partial charge in [0.25, 0.3) is 0 Å². The number of benzene rings is 3. The summed E-state index contributed by atoms with van der Waals surface area (Å²) in [4.78, 5) is 22.8. The number of carbonyl (C=O) groups is 1. The molecule has 192 valence electrons. The van der Waals surface area contributed by atoms with Crippen LogP contribution in [0.25, 0.3) is 27.9 Å². The molecule has 1 fully saturated rings. The summed E-state index contributed by atoms with van der Waals surface area (Å²) in [7, 11) is 1.66. The summed E-state index contributed by atoms with van der Waals surface area (Å²) in [5, 5.41) is 10.1. The number of nitrogens with zero attached hydrogens (tertiary/aromatic N) is 6. The van der Waals surface area contributed by atoms with Gasteiger partial charge in [0, 0.05) is 37.1 Å². The minimum atomic E-state index is -0.118. The molecule has 2 aromatic heterocycles. The van der Waals surface area contributed by atoms with Gasteiger partial charge in [-0.15, -0.1) is 10.2 Å². The van der Waals surface area contributed by atoms with Gasteiger partial charge in [-0.05, 0) is 48.4 Å². The first-order valence-electron chi connectivity index (χ1n) is 13.0. The van der Waals surface area contributed by atoms with E-state index in [0.29, 0.717) is 26.2 Å². The number of fused-ring (bicyclic) bond motifs is 3. The van der Waals surface area contributed by atoms with Crippen LogP contribution in [0.3, 0.4) is 0 Å². The number of ether oxygens (including phenoxy) is 1. The maximum absolute atomic E-state index is 13.5. The second-order valence-electron chi connectivity index (χ2n) is 9.52. The number of hydrogen-bond donors (Lipinski definition) is 0. The van der Waals surface area contributed by atoms with Crippen molar-refractivity contribution >= 4 is 28.4 Å². The number of methoxy groups -OCH3 is 1. The van der Waals surface area contributed by atoms with E-state index in [-0.39, 0.29) is 11.8 Å². The predicted molar refractivity (Wildman–Crippen MR) is 149 cm³/mol. The molecule has 5 aromatic rings. The number of carbonyl (C=O) groups excluding carboxylic acids is 1. The fourth-order valence-electron chi connectivity index (χ4n) is 5.29. The van der Waals surface area contributed by atoms with E-state index in [9.17, 15) is 4.79 Å². The Bertz CT molecular complexity index is 1570. The van der Waals surface area contributed by atoms with E-state index in [1.165, 1.54) is 0 Å². The largest absolute Gasteiger partial charge is 0.497 e. The molecule has 8 heteroatoms. The highest BCUT2D eigenvalue weighted by Crippen LogP contribution is 2.30. The van der Waals surface area contributed by atoms with Crippen molar-refractivity contribution in [1.82, 2.24) is 24.5 Å². The molecule has 0 spiro atoms. The molecular formula is C30H30N6O2. The average Bonchev–Trinajstić information content (AvgIpc) is 3.43. The number of aromatic nitrogens is 4. The van der Waals surface area contributed by atoms with Crippen LogP contribution in [0, 0.1) is 0 Å². The smallest absolute Gasteiger partial charge is 0.230 e. The predicted octanol–water partition coefficient (Wildman–Crippen LogP) is 4.80. The van der Waals surface area contributed by atoms with Crippen molar-refractivity contribution in [1.29, 1.82) is 0 Å². The molecule has 0 unspecified atom stereocenters. The van der Waals surface area contributed by atoms with E-state index >= 15 is 0 Å². The van der Waals surface area contributed by atoms with Crippen LogP contribution in [0.4, 0.5) is 5.95 Å². The van der Waals surface area contributed by atoms with E-state index < -0.39 is 0 Å². The summed E-state index contributed by atoms with van der Waals surface area (Å²) in [5.41, 5.74) is 3.65. The molecule has 0 radical (unpaired) electrons. The third-order valence-corrected chi connectivity index (χ3v) is 7.36. The number of rotatable bonds is 6. The zero-order chi connectivity index (χ0) is 26.1. The Morgan fingerprint density at radius 1 is 0.895 bits per heavy atom. The Kier molecular flexibility index (Phi) is 6.37. The van der Waals surface area contributed by atoms with Crippen LogP contribution in [0.15, 0.2) is 78.9 Å². The first-order chi connectivity index (χ1) is 18.7. The Labute approximate surface area is 221 Å². The van der Waals surface area contributed by atoms with Gasteiger partial charge in [-0.1, -0.05) is 49.4 Å². The number of para-hydroxylation sites is 1. The van der Waals surface area contributed by atoms with Gasteiger partial charge in [-0.3, -0.25) is 4.79 Å². The van der Waals surface area contributed by atoms with E-state index in [1.54, 1.807) is 7.11 Å². The average molecular weight is 507 g/mol. The Morgan fingerprint density at radius 3 is 2.32 bits per heavy atom. The zero-order valence-corrected chi connectivity index (χ0v) is 21.6. The molecule has 1 aliphatic heterocycles. The van der Waals surface area contributed by atoms with Crippen molar-refractivity contribution in [3.63, 3.8) is 0 Å². The van der Waals surface area contributed by atoms with Crippen molar-refractivity contribution in [2.75, 3.05) is 38.2 Å². The zero-order valence-electron chi connectivity index (χ0n) is 21.6. The van der Waals surface area contributed by atoms with Gasteiger partial charge in [0.2, 0.25) is 11.9 Å². The third kappa shape index (κ3) is 4.22. The summed E-state index contributed by atoms with van der Waals surface area (Å²) < 4.78 is 7.38. The van der Waals surface area contributed by atoms with Crippen molar-refractivity contribution in [2.24, 2.45) is 0 Å². The van der Waals surface area contributed by atoms with Gasteiger partial charge in [0.05, 0.1) is 18.5 Å². The Hall–Kier alpha value is -4.46. The lowest BCUT2D eigenvalue weighted by atomic mass is 9.95. The lowest BCUT2D eigenvalue weighted by Crippen LogP contribution is -2.50. The SMILES string of the molecule is CC[C@@H](C(=O)N1CCN(c2nc3ccccc3c3nnc(-c4ccc(OC)cc4)n23)CC1)c1ccccc1. The molecular weight excluding hydrogens is 476 g/mol. The lowest BCUT2D eigenvalue weighted by molar-refractivity contribution is -0.133. The summed E-state index contributed by atoms with van der Waals surface area (Å²) in [5.74, 6) is 2.38. The molecule has 3 aromatic carbocycles. The third-order valence-electron chi connectivity index (χ3n) is 7.36. The minimum Gasteiger partial charge on any atom is -0.497 e. The molecule has 38 heavy (non-hydrogen) atoms. The topological polar surface area (TPSA) is 75.9 Å². The second-order valence-corrected chi connectivity index (χ2v) is 9.52. The normalized spacial score (nSPS) is 14.7. The molecule has 0 N–H and O–H groups in total. The monoisotopic (exact) mass is 506 g/mol. The van der Waals surface area contributed by atoms with Crippen LogP contribution in [-0.2, 0) is 4.79 Å². The van der Waals surface area contributed by atoms with Crippen LogP contribution in [0.2, 0.25) is 0 Å². The summed E-state index contributed by atoms with van der Waals surface area (Å²) in [6.45, 7) is 4.71. The molecule has 6 rings (SSSR count). The van der Waals surface area contributed by atoms with Gasteiger partial charge in [-0.25, -0.2) is 9.38 Å². The maximum atomic E-state index is 13.5. The fourth-order valence-corrected chi connectivity index (χ4v) is 5.29. The molecule has 1 saturated heterocycles. The number of anilines is 1. The van der Waals surface area contributed by atoms with Crippen molar-refractivity contribution in [2.45, 2.75) is 19.3 Å². The Morgan fingerprint density at radius 2 is 1.61 bits per heavy atom. The quantitative estimate of drug-likeness (QED) is 0.330. The molecule has 0 bridgehead atoms. The van der Waals surface area contributed by atoms with E-state index in [0.717, 1.165) is 51.6 Å². The number of piperazine rings is 1. The number of amides is 1. The molecule has 8 nitrogen and oxygen atoms in total.